The number of hydrogen-bond donors (Lipinski definition) is 0. The Labute approximate surface area is 352 Å². The molecule has 4 heteroatoms. The van der Waals surface area contributed by atoms with Gasteiger partial charge in [0.1, 0.15) is 0 Å². The summed E-state index contributed by atoms with van der Waals surface area (Å²) in [6.07, 6.45) is 0. The van der Waals surface area contributed by atoms with E-state index in [-0.39, 0.29) is 0 Å². The predicted molar refractivity (Wildman–Crippen MR) is 261 cm³/mol. The van der Waals surface area contributed by atoms with Crippen molar-refractivity contribution in [3.05, 3.63) is 193 Å². The summed E-state index contributed by atoms with van der Waals surface area (Å²) in [4.78, 5) is 0. The lowest BCUT2D eigenvalue weighted by atomic mass is 9.95. The SMILES string of the molecule is c1ccc2c(c1)ccc1c2c2cc3ccsc3cc2n1-c1ccc(-c2ccc(-n3c4c5ccccc5c5ccccc5c4c4c5ccsc5c5ccccc5c43)cc2)cc1. The molecule has 0 aliphatic carbocycles. The van der Waals surface area contributed by atoms with E-state index in [9.17, 15) is 0 Å². The van der Waals surface area contributed by atoms with Crippen LogP contribution in [0.2, 0.25) is 0 Å². The number of benzene rings is 10. The van der Waals surface area contributed by atoms with Gasteiger partial charge in [-0.25, -0.2) is 0 Å². The summed E-state index contributed by atoms with van der Waals surface area (Å²) in [5.41, 5.74) is 9.72. The Morgan fingerprint density at radius 2 is 0.883 bits per heavy atom. The number of thiophene rings is 2. The first kappa shape index (κ1) is 32.7. The maximum Gasteiger partial charge on any atom is 0.0627 e. The molecule has 0 saturated heterocycles. The maximum absolute atomic E-state index is 2.56. The van der Waals surface area contributed by atoms with E-state index >= 15 is 0 Å². The third kappa shape index (κ3) is 4.36. The van der Waals surface area contributed by atoms with Crippen LogP contribution in [0.15, 0.2) is 193 Å². The molecule has 0 bridgehead atoms. The van der Waals surface area contributed by atoms with E-state index in [0.717, 1.165) is 11.4 Å². The van der Waals surface area contributed by atoms with Crippen LogP contribution >= 0.6 is 22.7 Å². The second kappa shape index (κ2) is 12.2. The number of nitrogens with zero attached hydrogens (tertiary/aromatic N) is 2. The van der Waals surface area contributed by atoms with Gasteiger partial charge in [0.2, 0.25) is 0 Å². The second-order valence-corrected chi connectivity index (χ2v) is 17.9. The fourth-order valence-corrected chi connectivity index (χ4v) is 12.2. The van der Waals surface area contributed by atoms with E-state index in [1.54, 1.807) is 0 Å². The lowest BCUT2D eigenvalue weighted by molar-refractivity contribution is 1.18. The van der Waals surface area contributed by atoms with Crippen LogP contribution in [0.3, 0.4) is 0 Å². The van der Waals surface area contributed by atoms with Crippen LogP contribution in [-0.4, -0.2) is 9.13 Å². The third-order valence-corrected chi connectivity index (χ3v) is 14.8. The molecule has 0 N–H and O–H groups in total. The molecule has 0 aliphatic rings. The van der Waals surface area contributed by atoms with Gasteiger partial charge in [0.25, 0.3) is 0 Å². The van der Waals surface area contributed by atoms with Crippen LogP contribution in [0, 0.1) is 0 Å². The van der Waals surface area contributed by atoms with Gasteiger partial charge in [-0.2, -0.15) is 0 Å². The molecule has 14 rings (SSSR count). The van der Waals surface area contributed by atoms with E-state index < -0.39 is 0 Å². The number of rotatable bonds is 3. The number of aromatic nitrogens is 2. The van der Waals surface area contributed by atoms with Crippen molar-refractivity contribution in [1.29, 1.82) is 0 Å². The Balaban J connectivity index is 0.970. The fourth-order valence-electron chi connectivity index (χ4n) is 10.5. The molecule has 4 heterocycles. The van der Waals surface area contributed by atoms with Crippen molar-refractivity contribution >= 4 is 130 Å². The summed E-state index contributed by atoms with van der Waals surface area (Å²) >= 11 is 3.65. The molecular weight excluding hydrogens is 765 g/mol. The van der Waals surface area contributed by atoms with Gasteiger partial charge in [0.05, 0.1) is 22.1 Å². The molecule has 278 valence electrons. The van der Waals surface area contributed by atoms with E-state index in [4.69, 9.17) is 0 Å². The lowest BCUT2D eigenvalue weighted by Gasteiger charge is -2.14. The van der Waals surface area contributed by atoms with Crippen molar-refractivity contribution < 1.29 is 0 Å². The monoisotopic (exact) mass is 796 g/mol. The predicted octanol–water partition coefficient (Wildman–Crippen LogP) is 16.6. The van der Waals surface area contributed by atoms with Crippen LogP contribution in [-0.2, 0) is 0 Å². The molecule has 0 radical (unpaired) electrons. The van der Waals surface area contributed by atoms with Gasteiger partial charge in [-0.3, -0.25) is 0 Å². The zero-order chi connectivity index (χ0) is 39.1. The Bertz CT molecular complexity index is 4100. The van der Waals surface area contributed by atoms with Crippen molar-refractivity contribution in [3.63, 3.8) is 0 Å². The second-order valence-electron chi connectivity index (χ2n) is 16.0. The van der Waals surface area contributed by atoms with Crippen molar-refractivity contribution in [2.75, 3.05) is 0 Å². The van der Waals surface area contributed by atoms with E-state index in [2.05, 4.69) is 202 Å². The van der Waals surface area contributed by atoms with E-state index in [0.29, 0.717) is 0 Å². The number of hydrogen-bond acceptors (Lipinski definition) is 2. The Kier molecular flexibility index (Phi) is 6.62. The first-order chi connectivity index (χ1) is 29.8. The van der Waals surface area contributed by atoms with Crippen molar-refractivity contribution in [3.8, 4) is 22.5 Å². The molecule has 2 nitrogen and oxygen atoms in total. The number of fused-ring (bicyclic) bond motifs is 19. The van der Waals surface area contributed by atoms with Gasteiger partial charge >= 0.3 is 0 Å². The van der Waals surface area contributed by atoms with E-state index in [1.165, 1.54) is 118 Å². The van der Waals surface area contributed by atoms with Gasteiger partial charge < -0.3 is 9.13 Å². The van der Waals surface area contributed by atoms with Crippen LogP contribution in [0.25, 0.3) is 129 Å². The average Bonchev–Trinajstić information content (AvgIpc) is 4.12. The van der Waals surface area contributed by atoms with Crippen molar-refractivity contribution in [2.24, 2.45) is 0 Å². The summed E-state index contributed by atoms with van der Waals surface area (Å²) in [5.74, 6) is 0. The Hall–Kier alpha value is -7.24. The minimum atomic E-state index is 1.16. The first-order valence-corrected chi connectivity index (χ1v) is 22.2. The van der Waals surface area contributed by atoms with Crippen LogP contribution < -0.4 is 0 Å². The van der Waals surface area contributed by atoms with Gasteiger partial charge in [0.15, 0.2) is 0 Å². The molecule has 0 spiro atoms. The lowest BCUT2D eigenvalue weighted by Crippen LogP contribution is -1.96. The van der Waals surface area contributed by atoms with Gasteiger partial charge in [0, 0.05) is 63.9 Å². The molecule has 0 amide bonds. The quantitative estimate of drug-likeness (QED) is 0.158. The van der Waals surface area contributed by atoms with Gasteiger partial charge in [-0.15, -0.1) is 22.7 Å². The average molecular weight is 797 g/mol. The molecular formula is C56H32N2S2. The van der Waals surface area contributed by atoms with E-state index in [1.807, 2.05) is 22.7 Å². The molecule has 0 fully saturated rings. The largest absolute Gasteiger partial charge is 0.309 e. The molecule has 0 aliphatic heterocycles. The molecule has 0 saturated carbocycles. The highest BCUT2D eigenvalue weighted by molar-refractivity contribution is 7.18. The highest BCUT2D eigenvalue weighted by Crippen LogP contribution is 2.49. The van der Waals surface area contributed by atoms with Crippen LogP contribution in [0.5, 0.6) is 0 Å². The Morgan fingerprint density at radius 1 is 0.317 bits per heavy atom. The van der Waals surface area contributed by atoms with Crippen molar-refractivity contribution in [2.45, 2.75) is 0 Å². The van der Waals surface area contributed by atoms with Gasteiger partial charge in [-0.1, -0.05) is 127 Å². The molecule has 14 aromatic rings. The summed E-state index contributed by atoms with van der Waals surface area (Å²) in [7, 11) is 0. The summed E-state index contributed by atoms with van der Waals surface area (Å²) in [5, 5.41) is 22.6. The molecule has 60 heavy (non-hydrogen) atoms. The topological polar surface area (TPSA) is 9.86 Å². The van der Waals surface area contributed by atoms with Gasteiger partial charge in [-0.05, 0) is 109 Å². The molecule has 0 unspecified atom stereocenters. The zero-order valence-corrected chi connectivity index (χ0v) is 33.8. The zero-order valence-electron chi connectivity index (χ0n) is 32.2. The maximum atomic E-state index is 2.56. The normalized spacial score (nSPS) is 12.3. The van der Waals surface area contributed by atoms with Crippen LogP contribution in [0.1, 0.15) is 0 Å². The minimum Gasteiger partial charge on any atom is -0.309 e. The summed E-state index contributed by atoms with van der Waals surface area (Å²) < 4.78 is 7.67. The fraction of sp³-hybridized carbons (Fsp3) is 0. The third-order valence-electron chi connectivity index (χ3n) is 13.0. The molecule has 10 aromatic carbocycles. The molecule has 4 aromatic heterocycles. The molecule has 0 atom stereocenters. The first-order valence-electron chi connectivity index (χ1n) is 20.5. The summed E-state index contributed by atoms with van der Waals surface area (Å²) in [6, 6.07) is 68.0. The smallest absolute Gasteiger partial charge is 0.0627 e. The van der Waals surface area contributed by atoms with Crippen LogP contribution in [0.4, 0.5) is 0 Å². The minimum absolute atomic E-state index is 1.16. The standard InChI is InChI=1S/C56H32N2S2/c1-2-10-39-35(9-1)21-26-48-51(39)47-31-36-27-29-59-50(36)32-49(47)57(48)37-22-17-33(18-23-37)34-19-24-38(25-20-34)58-54-43-14-6-4-12-41(43)40-11-3-5-13-42(40)52(54)53-46-28-30-60-56(46)45-16-8-7-15-44(45)55(53)58/h1-32H. The van der Waals surface area contributed by atoms with Crippen molar-refractivity contribution in [1.82, 2.24) is 9.13 Å². The summed E-state index contributed by atoms with van der Waals surface area (Å²) in [6.45, 7) is 0. The Morgan fingerprint density at radius 3 is 1.62 bits per heavy atom. The highest BCUT2D eigenvalue weighted by Gasteiger charge is 2.24. The highest BCUT2D eigenvalue weighted by atomic mass is 32.1.